The minimum atomic E-state index is -0.500. The lowest BCUT2D eigenvalue weighted by molar-refractivity contribution is -0.173. The number of hydrogen-bond donors (Lipinski definition) is 1. The van der Waals surface area contributed by atoms with Gasteiger partial charge in [0.05, 0.1) is 13.7 Å². The fourth-order valence-electron chi connectivity index (χ4n) is 4.68. The smallest absolute Gasteiger partial charge is 0.251 e. The first kappa shape index (κ1) is 19.6. The zero-order valence-electron chi connectivity index (χ0n) is 17.5. The molecule has 7 heteroatoms. The summed E-state index contributed by atoms with van der Waals surface area (Å²) in [6, 6.07) is 7.74. The number of amides is 1. The van der Waals surface area contributed by atoms with Crippen molar-refractivity contribution in [3.63, 3.8) is 0 Å². The van der Waals surface area contributed by atoms with E-state index >= 15 is 0 Å². The Labute approximate surface area is 177 Å². The van der Waals surface area contributed by atoms with Crippen molar-refractivity contribution in [2.45, 2.75) is 50.5 Å². The molecule has 1 spiro atoms. The second-order valence-electron chi connectivity index (χ2n) is 8.81. The quantitative estimate of drug-likeness (QED) is 0.792. The fraction of sp³-hybridized carbons (Fsp3) is 0.565. The standard InChI is InChI=1S/C23H30N4O3/c1-29-19-6-4-17(5-7-19)14-25-21(28)20-16-27-13-10-24-22(27)23(30-20)8-11-26(12-9-23)15-18-2-3-18/h4-7,10,13,18,20H,2-3,8-9,11-12,14-16H2,1H3,(H,25,28)/t20-/m0/s1. The van der Waals surface area contributed by atoms with Gasteiger partial charge in [-0.05, 0) is 49.3 Å². The second-order valence-corrected chi connectivity index (χ2v) is 8.81. The number of rotatable bonds is 6. The normalized spacial score (nSPS) is 23.2. The predicted octanol–water partition coefficient (Wildman–Crippen LogP) is 2.31. The van der Waals surface area contributed by atoms with E-state index in [9.17, 15) is 4.79 Å². The zero-order chi connectivity index (χ0) is 20.6. The number of methoxy groups -OCH3 is 1. The molecule has 0 unspecified atom stereocenters. The van der Waals surface area contributed by atoms with Crippen molar-refractivity contribution in [3.05, 3.63) is 48.0 Å². The van der Waals surface area contributed by atoms with Crippen LogP contribution in [-0.2, 0) is 28.2 Å². The van der Waals surface area contributed by atoms with Gasteiger partial charge in [0.15, 0.2) is 6.10 Å². The lowest BCUT2D eigenvalue weighted by Crippen LogP contribution is -2.54. The van der Waals surface area contributed by atoms with E-state index in [-0.39, 0.29) is 5.91 Å². The molecule has 3 heterocycles. The molecule has 1 amide bonds. The highest BCUT2D eigenvalue weighted by Crippen LogP contribution is 2.41. The first-order valence-corrected chi connectivity index (χ1v) is 11.0. The molecule has 7 nitrogen and oxygen atoms in total. The van der Waals surface area contributed by atoms with Crippen molar-refractivity contribution in [2.24, 2.45) is 5.92 Å². The van der Waals surface area contributed by atoms with Crippen molar-refractivity contribution in [1.82, 2.24) is 19.8 Å². The van der Waals surface area contributed by atoms with Gasteiger partial charge in [-0.25, -0.2) is 4.98 Å². The third kappa shape index (κ3) is 3.96. The molecule has 3 aliphatic rings. The number of nitrogens with zero attached hydrogens (tertiary/aromatic N) is 3. The highest BCUT2D eigenvalue weighted by atomic mass is 16.5. The van der Waals surface area contributed by atoms with E-state index in [2.05, 4.69) is 19.8 Å². The summed E-state index contributed by atoms with van der Waals surface area (Å²) >= 11 is 0. The maximum atomic E-state index is 13.0. The Morgan fingerprint density at radius 3 is 2.73 bits per heavy atom. The van der Waals surface area contributed by atoms with Gasteiger partial charge in [-0.1, -0.05) is 12.1 Å². The zero-order valence-corrected chi connectivity index (χ0v) is 17.5. The summed E-state index contributed by atoms with van der Waals surface area (Å²) in [6.45, 7) is 4.20. The van der Waals surface area contributed by atoms with Gasteiger partial charge in [0, 0.05) is 38.6 Å². The Balaban J connectivity index is 1.24. The molecule has 1 aromatic carbocycles. The molecule has 1 N–H and O–H groups in total. The molecule has 2 aliphatic heterocycles. The maximum absolute atomic E-state index is 13.0. The average molecular weight is 411 g/mol. The third-order valence-corrected chi connectivity index (χ3v) is 6.65. The van der Waals surface area contributed by atoms with E-state index in [4.69, 9.17) is 9.47 Å². The highest BCUT2D eigenvalue weighted by molar-refractivity contribution is 5.81. The Morgan fingerprint density at radius 2 is 2.03 bits per heavy atom. The molecule has 5 rings (SSSR count). The van der Waals surface area contributed by atoms with Crippen LogP contribution in [0.1, 0.15) is 37.1 Å². The van der Waals surface area contributed by atoms with Crippen molar-refractivity contribution >= 4 is 5.91 Å². The van der Waals surface area contributed by atoms with Crippen LogP contribution in [0.3, 0.4) is 0 Å². The first-order valence-electron chi connectivity index (χ1n) is 11.0. The first-order chi connectivity index (χ1) is 14.6. The summed E-state index contributed by atoms with van der Waals surface area (Å²) in [5.74, 6) is 2.62. The number of carbonyl (C=O) groups is 1. The molecule has 2 fully saturated rings. The number of piperidine rings is 1. The Hall–Kier alpha value is -2.38. The number of ether oxygens (including phenoxy) is 2. The molecular formula is C23H30N4O3. The molecule has 1 saturated carbocycles. The lowest BCUT2D eigenvalue weighted by Gasteiger charge is -2.45. The van der Waals surface area contributed by atoms with Crippen LogP contribution in [0.2, 0.25) is 0 Å². The number of imidazole rings is 1. The summed E-state index contributed by atoms with van der Waals surface area (Å²) in [4.78, 5) is 20.1. The average Bonchev–Trinajstić information content (AvgIpc) is 3.46. The van der Waals surface area contributed by atoms with Crippen LogP contribution in [0.4, 0.5) is 0 Å². The molecule has 2 aromatic rings. The topological polar surface area (TPSA) is 68.6 Å². The lowest BCUT2D eigenvalue weighted by atomic mass is 9.88. The molecule has 1 atom stereocenters. The van der Waals surface area contributed by atoms with Gasteiger partial charge in [-0.15, -0.1) is 0 Å². The summed E-state index contributed by atoms with van der Waals surface area (Å²) < 4.78 is 13.8. The SMILES string of the molecule is COc1ccc(CNC(=O)[C@@H]2Cn3ccnc3C3(CCN(CC4CC4)CC3)O2)cc1. The number of nitrogens with one attached hydrogen (secondary N) is 1. The van der Waals surface area contributed by atoms with Crippen LogP contribution in [0, 0.1) is 5.92 Å². The van der Waals surface area contributed by atoms with Crippen LogP contribution in [0.25, 0.3) is 0 Å². The van der Waals surface area contributed by atoms with Crippen molar-refractivity contribution < 1.29 is 14.3 Å². The summed E-state index contributed by atoms with van der Waals surface area (Å²) in [5.41, 5.74) is 0.579. The van der Waals surface area contributed by atoms with Gasteiger partial charge in [0.1, 0.15) is 17.2 Å². The van der Waals surface area contributed by atoms with Gasteiger partial charge in [0.25, 0.3) is 5.91 Å². The Morgan fingerprint density at radius 1 is 1.27 bits per heavy atom. The number of benzene rings is 1. The molecule has 0 bridgehead atoms. The second kappa shape index (κ2) is 8.04. The van der Waals surface area contributed by atoms with Gasteiger partial charge in [0.2, 0.25) is 0 Å². The summed E-state index contributed by atoms with van der Waals surface area (Å²) in [5, 5.41) is 3.05. The van der Waals surface area contributed by atoms with E-state index in [0.29, 0.717) is 13.1 Å². The van der Waals surface area contributed by atoms with Gasteiger partial charge in [-0.2, -0.15) is 0 Å². The molecule has 1 aliphatic carbocycles. The van der Waals surface area contributed by atoms with E-state index in [1.165, 1.54) is 19.4 Å². The van der Waals surface area contributed by atoms with Gasteiger partial charge in [-0.3, -0.25) is 4.79 Å². The van der Waals surface area contributed by atoms with E-state index in [0.717, 1.165) is 49.0 Å². The summed E-state index contributed by atoms with van der Waals surface area (Å²) in [7, 11) is 1.65. The minimum Gasteiger partial charge on any atom is -0.497 e. The monoisotopic (exact) mass is 410 g/mol. The Kier molecular flexibility index (Phi) is 5.25. The highest BCUT2D eigenvalue weighted by Gasteiger charge is 2.47. The molecule has 30 heavy (non-hydrogen) atoms. The third-order valence-electron chi connectivity index (χ3n) is 6.65. The fourth-order valence-corrected chi connectivity index (χ4v) is 4.68. The van der Waals surface area contributed by atoms with Crippen LogP contribution in [0.5, 0.6) is 5.75 Å². The number of hydrogen-bond acceptors (Lipinski definition) is 5. The largest absolute Gasteiger partial charge is 0.497 e. The van der Waals surface area contributed by atoms with Crippen LogP contribution in [0.15, 0.2) is 36.7 Å². The van der Waals surface area contributed by atoms with Crippen molar-refractivity contribution in [3.8, 4) is 5.75 Å². The molecule has 0 radical (unpaired) electrons. The number of aromatic nitrogens is 2. The molecule has 160 valence electrons. The number of carbonyl (C=O) groups excluding carboxylic acids is 1. The van der Waals surface area contributed by atoms with Crippen molar-refractivity contribution in [1.29, 1.82) is 0 Å². The van der Waals surface area contributed by atoms with E-state index in [1.807, 2.05) is 36.7 Å². The van der Waals surface area contributed by atoms with Crippen molar-refractivity contribution in [2.75, 3.05) is 26.7 Å². The predicted molar refractivity (Wildman–Crippen MR) is 112 cm³/mol. The minimum absolute atomic E-state index is 0.0649. The van der Waals surface area contributed by atoms with E-state index in [1.54, 1.807) is 7.11 Å². The van der Waals surface area contributed by atoms with Gasteiger partial charge < -0.3 is 24.3 Å². The summed E-state index contributed by atoms with van der Waals surface area (Å²) in [6.07, 6.45) is 7.82. The van der Waals surface area contributed by atoms with Crippen LogP contribution >= 0.6 is 0 Å². The van der Waals surface area contributed by atoms with Gasteiger partial charge >= 0.3 is 0 Å². The molecule has 1 aromatic heterocycles. The van der Waals surface area contributed by atoms with E-state index < -0.39 is 11.7 Å². The van der Waals surface area contributed by atoms with Crippen LogP contribution in [-0.4, -0.2) is 53.2 Å². The number of likely N-dealkylation sites (tertiary alicyclic amines) is 1. The maximum Gasteiger partial charge on any atom is 0.251 e. The number of fused-ring (bicyclic) bond motifs is 2. The molecule has 1 saturated heterocycles. The van der Waals surface area contributed by atoms with Crippen LogP contribution < -0.4 is 10.1 Å². The molecular weight excluding hydrogens is 380 g/mol. The Bertz CT molecular complexity index is 882.